The fourth-order valence-electron chi connectivity index (χ4n) is 3.40. The molecule has 1 heterocycles. The van der Waals surface area contributed by atoms with Crippen molar-refractivity contribution in [3.05, 3.63) is 59.7 Å². The summed E-state index contributed by atoms with van der Waals surface area (Å²) in [7, 11) is 0. The first-order chi connectivity index (χ1) is 11.7. The van der Waals surface area contributed by atoms with E-state index in [9.17, 15) is 4.79 Å². The van der Waals surface area contributed by atoms with Gasteiger partial charge in [-0.15, -0.1) is 0 Å². The highest BCUT2D eigenvalue weighted by atomic mass is 16.7. The van der Waals surface area contributed by atoms with Gasteiger partial charge in [0.1, 0.15) is 0 Å². The molecule has 4 rings (SSSR count). The molecule has 124 valence electrons. The zero-order chi connectivity index (χ0) is 16.6. The van der Waals surface area contributed by atoms with Gasteiger partial charge in [-0.05, 0) is 43.0 Å². The summed E-state index contributed by atoms with van der Waals surface area (Å²) in [6.07, 6.45) is 1.88. The maximum absolute atomic E-state index is 13.2. The molecule has 0 radical (unpaired) electrons. The Kier molecular flexibility index (Phi) is 3.68. The lowest BCUT2D eigenvalue weighted by molar-refractivity contribution is -0.134. The quantitative estimate of drug-likeness (QED) is 0.845. The Balaban J connectivity index is 1.54. The molecule has 1 aliphatic carbocycles. The number of hydrogen-bond acceptors (Lipinski definition) is 3. The molecule has 1 fully saturated rings. The SMILES string of the molecule is CCN(Cc1ccc2c(c1)OCO2)C(=O)C1(c2ccccc2)CC1. The van der Waals surface area contributed by atoms with Crippen LogP contribution in [0.2, 0.25) is 0 Å². The van der Waals surface area contributed by atoms with Crippen molar-refractivity contribution < 1.29 is 14.3 Å². The van der Waals surface area contributed by atoms with Gasteiger partial charge in [-0.1, -0.05) is 36.4 Å². The summed E-state index contributed by atoms with van der Waals surface area (Å²) in [5.41, 5.74) is 1.89. The molecular formula is C20H21NO3. The number of amides is 1. The average Bonchev–Trinajstić information content (AvgIpc) is 3.31. The van der Waals surface area contributed by atoms with E-state index in [1.165, 1.54) is 0 Å². The molecule has 1 saturated carbocycles. The van der Waals surface area contributed by atoms with Gasteiger partial charge >= 0.3 is 0 Å². The van der Waals surface area contributed by atoms with Gasteiger partial charge in [0.05, 0.1) is 5.41 Å². The molecular weight excluding hydrogens is 302 g/mol. The number of benzene rings is 2. The van der Waals surface area contributed by atoms with E-state index in [1.54, 1.807) is 0 Å². The Bertz CT molecular complexity index is 753. The molecule has 2 aromatic carbocycles. The van der Waals surface area contributed by atoms with Crippen molar-refractivity contribution in [1.82, 2.24) is 4.90 Å². The van der Waals surface area contributed by atoms with Crippen molar-refractivity contribution in [3.8, 4) is 11.5 Å². The van der Waals surface area contributed by atoms with Crippen LogP contribution in [0.4, 0.5) is 0 Å². The first kappa shape index (κ1) is 15.1. The second-order valence-corrected chi connectivity index (χ2v) is 6.46. The van der Waals surface area contributed by atoms with E-state index in [2.05, 4.69) is 12.1 Å². The third-order valence-electron chi connectivity index (χ3n) is 4.97. The minimum absolute atomic E-state index is 0.230. The molecule has 0 unspecified atom stereocenters. The number of fused-ring (bicyclic) bond motifs is 1. The van der Waals surface area contributed by atoms with E-state index in [-0.39, 0.29) is 18.1 Å². The van der Waals surface area contributed by atoms with Crippen LogP contribution in [0.3, 0.4) is 0 Å². The normalized spacial score (nSPS) is 16.7. The van der Waals surface area contributed by atoms with E-state index < -0.39 is 0 Å². The summed E-state index contributed by atoms with van der Waals surface area (Å²) in [5, 5.41) is 0. The predicted molar refractivity (Wildman–Crippen MR) is 91.0 cm³/mol. The lowest BCUT2D eigenvalue weighted by Gasteiger charge is -2.27. The monoisotopic (exact) mass is 323 g/mol. The fourth-order valence-corrected chi connectivity index (χ4v) is 3.40. The molecule has 1 aliphatic heterocycles. The van der Waals surface area contributed by atoms with Crippen molar-refractivity contribution in [3.63, 3.8) is 0 Å². The minimum atomic E-state index is -0.312. The second kappa shape index (κ2) is 5.86. The Labute approximate surface area is 142 Å². The maximum Gasteiger partial charge on any atom is 0.233 e. The summed E-state index contributed by atoms with van der Waals surface area (Å²) in [6, 6.07) is 16.0. The van der Waals surface area contributed by atoms with Crippen LogP contribution in [0, 0.1) is 0 Å². The minimum Gasteiger partial charge on any atom is -0.454 e. The Morgan fingerprint density at radius 2 is 1.83 bits per heavy atom. The molecule has 2 aliphatic rings. The first-order valence-corrected chi connectivity index (χ1v) is 8.46. The van der Waals surface area contributed by atoms with Crippen LogP contribution in [0.1, 0.15) is 30.9 Å². The zero-order valence-corrected chi connectivity index (χ0v) is 13.8. The lowest BCUT2D eigenvalue weighted by Crippen LogP contribution is -2.38. The van der Waals surface area contributed by atoms with Crippen molar-refractivity contribution in [1.29, 1.82) is 0 Å². The summed E-state index contributed by atoms with van der Waals surface area (Å²) in [4.78, 5) is 15.1. The van der Waals surface area contributed by atoms with Gasteiger partial charge in [0.25, 0.3) is 0 Å². The number of nitrogens with zero attached hydrogens (tertiary/aromatic N) is 1. The molecule has 4 nitrogen and oxygen atoms in total. The van der Waals surface area contributed by atoms with Crippen LogP contribution in [-0.4, -0.2) is 24.1 Å². The van der Waals surface area contributed by atoms with Crippen LogP contribution in [-0.2, 0) is 16.8 Å². The highest BCUT2D eigenvalue weighted by molar-refractivity contribution is 5.91. The maximum atomic E-state index is 13.2. The molecule has 0 atom stereocenters. The van der Waals surface area contributed by atoms with Gasteiger partial charge < -0.3 is 14.4 Å². The number of ether oxygens (including phenoxy) is 2. The van der Waals surface area contributed by atoms with Crippen molar-refractivity contribution in [2.45, 2.75) is 31.7 Å². The average molecular weight is 323 g/mol. The van der Waals surface area contributed by atoms with E-state index in [0.29, 0.717) is 13.1 Å². The van der Waals surface area contributed by atoms with Crippen molar-refractivity contribution in [2.75, 3.05) is 13.3 Å². The molecule has 0 bridgehead atoms. The molecule has 1 amide bonds. The van der Waals surface area contributed by atoms with Crippen LogP contribution >= 0.6 is 0 Å². The van der Waals surface area contributed by atoms with E-state index in [1.807, 2.05) is 48.2 Å². The highest BCUT2D eigenvalue weighted by Crippen LogP contribution is 2.49. The van der Waals surface area contributed by atoms with Gasteiger partial charge in [-0.25, -0.2) is 0 Å². The van der Waals surface area contributed by atoms with Crippen molar-refractivity contribution >= 4 is 5.91 Å². The van der Waals surface area contributed by atoms with Crippen molar-refractivity contribution in [2.24, 2.45) is 0 Å². The van der Waals surface area contributed by atoms with E-state index in [0.717, 1.165) is 35.5 Å². The summed E-state index contributed by atoms with van der Waals surface area (Å²) in [6.45, 7) is 3.60. The van der Waals surface area contributed by atoms with Gasteiger partial charge in [0.2, 0.25) is 12.7 Å². The predicted octanol–water partition coefficient (Wildman–Crippen LogP) is 3.50. The molecule has 0 N–H and O–H groups in total. The second-order valence-electron chi connectivity index (χ2n) is 6.46. The van der Waals surface area contributed by atoms with Gasteiger partial charge in [-0.2, -0.15) is 0 Å². The Morgan fingerprint density at radius 1 is 1.08 bits per heavy atom. The summed E-state index contributed by atoms with van der Waals surface area (Å²) < 4.78 is 10.8. The largest absolute Gasteiger partial charge is 0.454 e. The standard InChI is InChI=1S/C20H21NO3/c1-2-21(13-15-8-9-17-18(12-15)24-14-23-17)19(22)20(10-11-20)16-6-4-3-5-7-16/h3-9,12H,2,10-11,13-14H2,1H3. The number of carbonyl (C=O) groups excluding carboxylic acids is 1. The number of rotatable bonds is 5. The summed E-state index contributed by atoms with van der Waals surface area (Å²) >= 11 is 0. The molecule has 0 saturated heterocycles. The van der Waals surface area contributed by atoms with Gasteiger partial charge in [0.15, 0.2) is 11.5 Å². The lowest BCUT2D eigenvalue weighted by atomic mass is 9.94. The third kappa shape index (κ3) is 2.52. The summed E-state index contributed by atoms with van der Waals surface area (Å²) in [5.74, 6) is 1.77. The molecule has 24 heavy (non-hydrogen) atoms. The topological polar surface area (TPSA) is 38.8 Å². The Hall–Kier alpha value is -2.49. The smallest absolute Gasteiger partial charge is 0.233 e. The number of carbonyl (C=O) groups is 1. The fraction of sp³-hybridized carbons (Fsp3) is 0.350. The molecule has 4 heteroatoms. The number of hydrogen-bond donors (Lipinski definition) is 0. The molecule has 0 spiro atoms. The van der Waals surface area contributed by atoms with Crippen LogP contribution < -0.4 is 9.47 Å². The zero-order valence-electron chi connectivity index (χ0n) is 13.8. The molecule has 2 aromatic rings. The van der Waals surface area contributed by atoms with Crippen LogP contribution in [0.25, 0.3) is 0 Å². The van der Waals surface area contributed by atoms with Crippen LogP contribution in [0.5, 0.6) is 11.5 Å². The highest BCUT2D eigenvalue weighted by Gasteiger charge is 2.52. The number of likely N-dealkylation sites (N-methyl/N-ethyl adjacent to an activating group) is 1. The third-order valence-corrected chi connectivity index (χ3v) is 4.97. The van der Waals surface area contributed by atoms with Gasteiger partial charge in [-0.3, -0.25) is 4.79 Å². The van der Waals surface area contributed by atoms with E-state index in [4.69, 9.17) is 9.47 Å². The Morgan fingerprint density at radius 3 is 2.54 bits per heavy atom. The van der Waals surface area contributed by atoms with E-state index >= 15 is 0 Å². The first-order valence-electron chi connectivity index (χ1n) is 8.46. The molecule has 0 aromatic heterocycles. The van der Waals surface area contributed by atoms with Crippen LogP contribution in [0.15, 0.2) is 48.5 Å². The van der Waals surface area contributed by atoms with Gasteiger partial charge in [0, 0.05) is 13.1 Å².